The van der Waals surface area contributed by atoms with Gasteiger partial charge in [0.05, 0.1) is 0 Å². The first kappa shape index (κ1) is 25.7. The summed E-state index contributed by atoms with van der Waals surface area (Å²) in [6.45, 7) is 10.2. The van der Waals surface area contributed by atoms with E-state index < -0.39 is 0 Å². The van der Waals surface area contributed by atoms with E-state index >= 15 is 0 Å². The third-order valence-corrected chi connectivity index (χ3v) is 1.08. The van der Waals surface area contributed by atoms with Crippen LogP contribution in [0.1, 0.15) is 12.0 Å². The Morgan fingerprint density at radius 1 is 1.47 bits per heavy atom. The minimum Gasteiger partial charge on any atom is -0.545 e. The molecular formula is C10H13N3O2WY-4. The number of hydrogen-bond donors (Lipinski definition) is 1. The molecule has 0 saturated heterocycles. The molecule has 7 heteroatoms. The quantitative estimate of drug-likeness (QED) is 0.459. The number of carbonyl (C=O) groups excluding carboxylic acids is 2. The third kappa shape index (κ3) is 21.7. The van der Waals surface area contributed by atoms with Gasteiger partial charge >= 0.3 is 0 Å². The van der Waals surface area contributed by atoms with Gasteiger partial charge in [-0.2, -0.15) is 12.5 Å². The van der Waals surface area contributed by atoms with Gasteiger partial charge in [0.15, 0.2) is 5.91 Å². The first-order valence-corrected chi connectivity index (χ1v) is 3.94. The van der Waals surface area contributed by atoms with Gasteiger partial charge in [-0.25, -0.2) is 0 Å². The number of amides is 1. The van der Waals surface area contributed by atoms with Crippen LogP contribution in [0, 0.1) is 20.2 Å². The van der Waals surface area contributed by atoms with E-state index in [4.69, 9.17) is 4.79 Å². The SMILES string of the molecule is [CH-]=O.[CH2-]CC(=O)NC.[CH2-]c1cn[c-]nc1.[W].[Y]. The molecule has 0 aliphatic carbocycles. The van der Waals surface area contributed by atoms with E-state index in [1.165, 1.54) is 0 Å². The predicted octanol–water partition coefficient (Wildman–Crippen LogP) is 0.136. The van der Waals surface area contributed by atoms with Gasteiger partial charge < -0.3 is 27.0 Å². The first-order chi connectivity index (χ1) is 7.20. The van der Waals surface area contributed by atoms with Gasteiger partial charge in [0, 0.05) is 67.1 Å². The van der Waals surface area contributed by atoms with Crippen molar-refractivity contribution in [2.45, 2.75) is 6.42 Å². The van der Waals surface area contributed by atoms with Crippen molar-refractivity contribution >= 4 is 12.7 Å². The van der Waals surface area contributed by atoms with Crippen LogP contribution in [0.15, 0.2) is 12.4 Å². The fraction of sp³-hybridized carbons (Fsp3) is 0.200. The van der Waals surface area contributed by atoms with Crippen LogP contribution in [-0.2, 0) is 63.4 Å². The van der Waals surface area contributed by atoms with Crippen molar-refractivity contribution in [2.24, 2.45) is 0 Å². The summed E-state index contributed by atoms with van der Waals surface area (Å²) in [7, 11) is 1.59. The zero-order valence-corrected chi connectivity index (χ0v) is 15.3. The number of aromatic nitrogens is 2. The molecule has 1 amide bonds. The van der Waals surface area contributed by atoms with Crippen LogP contribution in [0.2, 0.25) is 0 Å². The van der Waals surface area contributed by atoms with Crippen molar-refractivity contribution in [1.82, 2.24) is 15.3 Å². The van der Waals surface area contributed by atoms with Crippen molar-refractivity contribution < 1.29 is 63.4 Å². The Morgan fingerprint density at radius 3 is 2.00 bits per heavy atom. The molecule has 1 radical (unpaired) electrons. The minimum atomic E-state index is -0.0185. The number of carbonyl (C=O) groups is 1. The first-order valence-electron chi connectivity index (χ1n) is 3.94. The molecule has 1 N–H and O–H groups in total. The summed E-state index contributed by atoms with van der Waals surface area (Å²) < 4.78 is 0. The van der Waals surface area contributed by atoms with Gasteiger partial charge in [-0.1, -0.05) is 12.4 Å². The molecule has 93 valence electrons. The largest absolute Gasteiger partial charge is 0.545 e. The summed E-state index contributed by atoms with van der Waals surface area (Å²) in [5.74, 6) is -0.0185. The summed E-state index contributed by atoms with van der Waals surface area (Å²) in [6.07, 6.45) is 5.93. The maximum Gasteiger partial charge on any atom is 0.189 e. The predicted molar refractivity (Wildman–Crippen MR) is 56.1 cm³/mol. The van der Waals surface area contributed by atoms with Crippen LogP contribution in [-0.4, -0.2) is 29.7 Å². The fourth-order valence-electron chi connectivity index (χ4n) is 0.415. The zero-order chi connectivity index (χ0) is 12.1. The monoisotopic (exact) mass is 480 g/mol. The molecular weight excluding hydrogens is 467 g/mol. The van der Waals surface area contributed by atoms with E-state index in [-0.39, 0.29) is 59.7 Å². The summed E-state index contributed by atoms with van der Waals surface area (Å²) in [5, 5.41) is 2.41. The Kier molecular flexibility index (Phi) is 32.0. The van der Waals surface area contributed by atoms with E-state index in [2.05, 4.69) is 42.2 Å². The maximum atomic E-state index is 10.0. The molecule has 0 spiro atoms. The molecule has 1 heterocycles. The maximum absolute atomic E-state index is 10.0. The molecule has 0 aliphatic rings. The van der Waals surface area contributed by atoms with Crippen molar-refractivity contribution in [3.8, 4) is 0 Å². The summed E-state index contributed by atoms with van der Waals surface area (Å²) in [4.78, 5) is 24.9. The Labute approximate surface area is 142 Å². The molecule has 0 aliphatic heterocycles. The summed E-state index contributed by atoms with van der Waals surface area (Å²) >= 11 is 0. The van der Waals surface area contributed by atoms with Crippen LogP contribution >= 0.6 is 0 Å². The molecule has 0 aromatic carbocycles. The molecule has 0 saturated carbocycles. The normalized spacial score (nSPS) is 6.47. The van der Waals surface area contributed by atoms with Crippen molar-refractivity contribution in [1.29, 1.82) is 0 Å². The van der Waals surface area contributed by atoms with Crippen LogP contribution in [0.25, 0.3) is 0 Å². The van der Waals surface area contributed by atoms with Crippen LogP contribution in [0.3, 0.4) is 0 Å². The number of hydrogen-bond acceptors (Lipinski definition) is 4. The molecule has 1 rings (SSSR count). The Hall–Kier alpha value is -0.118. The molecule has 0 fully saturated rings. The molecule has 17 heavy (non-hydrogen) atoms. The van der Waals surface area contributed by atoms with Gasteiger partial charge in [-0.3, -0.25) is 11.6 Å². The molecule has 5 nitrogen and oxygen atoms in total. The Morgan fingerprint density at radius 2 is 1.88 bits per heavy atom. The molecule has 1 aromatic rings. The average molecular weight is 480 g/mol. The summed E-state index contributed by atoms with van der Waals surface area (Å²) in [5.41, 5.74) is 0.818. The summed E-state index contributed by atoms with van der Waals surface area (Å²) in [6, 6.07) is 0. The topological polar surface area (TPSA) is 72.0 Å². The van der Waals surface area contributed by atoms with Gasteiger partial charge in [0.25, 0.3) is 0 Å². The van der Waals surface area contributed by atoms with Crippen molar-refractivity contribution in [2.75, 3.05) is 7.05 Å². The van der Waals surface area contributed by atoms with Gasteiger partial charge in [0.1, 0.15) is 0 Å². The van der Waals surface area contributed by atoms with E-state index in [0.29, 0.717) is 6.42 Å². The molecule has 0 unspecified atom stereocenters. The van der Waals surface area contributed by atoms with E-state index in [9.17, 15) is 4.79 Å². The van der Waals surface area contributed by atoms with E-state index in [1.54, 1.807) is 19.4 Å². The second-order valence-corrected chi connectivity index (χ2v) is 2.11. The van der Waals surface area contributed by atoms with Gasteiger partial charge in [-0.05, 0) is 0 Å². The Balaban J connectivity index is -0.0000000794. The van der Waals surface area contributed by atoms with Gasteiger partial charge in [-0.15, -0.1) is 6.42 Å². The second-order valence-electron chi connectivity index (χ2n) is 2.11. The third-order valence-electron chi connectivity index (χ3n) is 1.08. The van der Waals surface area contributed by atoms with Crippen molar-refractivity contribution in [3.05, 3.63) is 38.1 Å². The number of rotatable bonds is 1. The van der Waals surface area contributed by atoms with Gasteiger partial charge in [0.2, 0.25) is 0 Å². The van der Waals surface area contributed by atoms with E-state index in [1.807, 2.05) is 0 Å². The smallest absolute Gasteiger partial charge is 0.189 e. The Bertz CT molecular complexity index is 257. The van der Waals surface area contributed by atoms with Crippen molar-refractivity contribution in [3.63, 3.8) is 0 Å². The number of nitrogens with zero attached hydrogens (tertiary/aromatic N) is 2. The van der Waals surface area contributed by atoms with Crippen LogP contribution in [0.5, 0.6) is 0 Å². The molecule has 0 atom stereocenters. The average Bonchev–Trinajstić information content (AvgIpc) is 2.32. The number of nitrogens with one attached hydrogen (secondary N) is 1. The minimum absolute atomic E-state index is 0. The second kappa shape index (κ2) is 21.2. The van der Waals surface area contributed by atoms with E-state index in [0.717, 1.165) is 5.56 Å². The standard InChI is InChI=1S/C5H4N2.C4H8NO.CHO.W.Y/c1-5-2-6-4-7-3-5;1-3-4(6)5-2;1-2;;/h2-3H,1H2;1,3H2,2H3,(H,5,6);1H;;/q-2;2*-1;;. The van der Waals surface area contributed by atoms with Crippen LogP contribution in [0.4, 0.5) is 0 Å². The van der Waals surface area contributed by atoms with Crippen LogP contribution < -0.4 is 5.32 Å². The fourth-order valence-corrected chi connectivity index (χ4v) is 0.415. The zero-order valence-electron chi connectivity index (χ0n) is 9.55. The molecule has 1 aromatic heterocycles. The molecule has 0 bridgehead atoms.